The maximum atomic E-state index is 11.8. The average Bonchev–Trinajstić information content (AvgIpc) is 2.52. The van der Waals surface area contributed by atoms with Gasteiger partial charge in [0.1, 0.15) is 12.3 Å². The van der Waals surface area contributed by atoms with Gasteiger partial charge in [-0.15, -0.1) is 0 Å². The van der Waals surface area contributed by atoms with Gasteiger partial charge in [0, 0.05) is 32.0 Å². The number of aliphatic hydroxyl groups excluding tert-OH is 1. The molecule has 6 heteroatoms. The summed E-state index contributed by atoms with van der Waals surface area (Å²) in [7, 11) is 1.62. The molecule has 0 unspecified atom stereocenters. The molecular formula is C15H20N2O4. The van der Waals surface area contributed by atoms with E-state index in [1.807, 2.05) is 0 Å². The maximum absolute atomic E-state index is 11.8. The smallest absolute Gasteiger partial charge is 0.269 e. The quantitative estimate of drug-likeness (QED) is 0.529. The van der Waals surface area contributed by atoms with Crippen molar-refractivity contribution in [2.75, 3.05) is 40.1 Å². The van der Waals surface area contributed by atoms with Crippen LogP contribution in [-0.2, 0) is 9.47 Å². The van der Waals surface area contributed by atoms with E-state index in [9.17, 15) is 4.79 Å². The van der Waals surface area contributed by atoms with Crippen molar-refractivity contribution in [1.29, 1.82) is 0 Å². The molecule has 0 saturated carbocycles. The number of nitrogens with zero attached hydrogens (tertiary/aromatic N) is 1. The molecule has 0 aliphatic carbocycles. The second-order valence-electron chi connectivity index (χ2n) is 4.11. The van der Waals surface area contributed by atoms with Gasteiger partial charge >= 0.3 is 0 Å². The van der Waals surface area contributed by atoms with Crippen molar-refractivity contribution in [2.45, 2.75) is 6.42 Å². The SMILES string of the molecule is COCCOCCCNC(=O)c1ccc(C#CCO)cn1. The fraction of sp³-hybridized carbons (Fsp3) is 0.467. The van der Waals surface area contributed by atoms with Crippen molar-refractivity contribution >= 4 is 5.91 Å². The molecule has 1 aromatic rings. The lowest BCUT2D eigenvalue weighted by Crippen LogP contribution is -2.26. The Labute approximate surface area is 124 Å². The Hall–Kier alpha value is -1.94. The molecule has 0 aromatic carbocycles. The normalized spacial score (nSPS) is 9.81. The number of hydrogen-bond acceptors (Lipinski definition) is 5. The summed E-state index contributed by atoms with van der Waals surface area (Å²) >= 11 is 0. The monoisotopic (exact) mass is 292 g/mol. The van der Waals surface area contributed by atoms with Crippen molar-refractivity contribution < 1.29 is 19.4 Å². The summed E-state index contributed by atoms with van der Waals surface area (Å²) in [6.07, 6.45) is 2.24. The molecular weight excluding hydrogens is 272 g/mol. The van der Waals surface area contributed by atoms with Crippen LogP contribution >= 0.6 is 0 Å². The van der Waals surface area contributed by atoms with E-state index in [0.717, 1.165) is 6.42 Å². The predicted octanol–water partition coefficient (Wildman–Crippen LogP) is 0.208. The summed E-state index contributed by atoms with van der Waals surface area (Å²) in [6.45, 7) is 2.03. The Kier molecular flexibility index (Phi) is 8.80. The fourth-order valence-electron chi connectivity index (χ4n) is 1.45. The summed E-state index contributed by atoms with van der Waals surface area (Å²) in [4.78, 5) is 15.8. The van der Waals surface area contributed by atoms with Crippen molar-refractivity contribution in [3.63, 3.8) is 0 Å². The van der Waals surface area contributed by atoms with Crippen molar-refractivity contribution in [3.8, 4) is 11.8 Å². The van der Waals surface area contributed by atoms with Gasteiger partial charge < -0.3 is 19.9 Å². The first-order valence-electron chi connectivity index (χ1n) is 6.68. The molecule has 0 atom stereocenters. The van der Waals surface area contributed by atoms with E-state index in [2.05, 4.69) is 22.1 Å². The summed E-state index contributed by atoms with van der Waals surface area (Å²) in [5, 5.41) is 11.3. The Morgan fingerprint density at radius 1 is 1.38 bits per heavy atom. The first-order chi connectivity index (χ1) is 10.3. The lowest BCUT2D eigenvalue weighted by Gasteiger charge is -2.05. The maximum Gasteiger partial charge on any atom is 0.269 e. The molecule has 0 spiro atoms. The molecule has 0 aliphatic heterocycles. The van der Waals surface area contributed by atoms with Crippen molar-refractivity contribution in [1.82, 2.24) is 10.3 Å². The van der Waals surface area contributed by atoms with Gasteiger partial charge in [0.2, 0.25) is 0 Å². The van der Waals surface area contributed by atoms with E-state index in [1.165, 1.54) is 6.20 Å². The third-order valence-electron chi connectivity index (χ3n) is 2.49. The Morgan fingerprint density at radius 3 is 2.90 bits per heavy atom. The summed E-state index contributed by atoms with van der Waals surface area (Å²) < 4.78 is 10.1. The number of ether oxygens (including phenoxy) is 2. The molecule has 0 fully saturated rings. The number of aromatic nitrogens is 1. The van der Waals surface area contributed by atoms with Gasteiger partial charge in [0.05, 0.1) is 13.2 Å². The first kappa shape index (κ1) is 17.1. The molecule has 2 N–H and O–H groups in total. The summed E-state index contributed by atoms with van der Waals surface area (Å²) in [5.41, 5.74) is 0.997. The van der Waals surface area contributed by atoms with E-state index in [4.69, 9.17) is 14.6 Å². The van der Waals surface area contributed by atoms with Crippen LogP contribution in [0.25, 0.3) is 0 Å². The molecule has 0 aliphatic rings. The van der Waals surface area contributed by atoms with Gasteiger partial charge in [0.15, 0.2) is 0 Å². The summed E-state index contributed by atoms with van der Waals surface area (Å²) in [5.74, 6) is 5.01. The lowest BCUT2D eigenvalue weighted by atomic mass is 10.2. The van der Waals surface area contributed by atoms with Crippen molar-refractivity contribution in [3.05, 3.63) is 29.6 Å². The second-order valence-corrected chi connectivity index (χ2v) is 4.11. The minimum atomic E-state index is -0.228. The highest BCUT2D eigenvalue weighted by Gasteiger charge is 2.05. The molecule has 21 heavy (non-hydrogen) atoms. The number of pyridine rings is 1. The van der Waals surface area contributed by atoms with E-state index in [1.54, 1.807) is 19.2 Å². The number of carbonyl (C=O) groups is 1. The van der Waals surface area contributed by atoms with Crippen LogP contribution in [-0.4, -0.2) is 56.1 Å². The topological polar surface area (TPSA) is 80.7 Å². The molecule has 114 valence electrons. The highest BCUT2D eigenvalue weighted by Crippen LogP contribution is 1.99. The van der Waals surface area contributed by atoms with Gasteiger partial charge in [0.25, 0.3) is 5.91 Å². The standard InChI is InChI=1S/C15H20N2O4/c1-20-10-11-21-9-3-7-16-15(19)14-6-5-13(12-17-14)4-2-8-18/h5-6,12,18H,3,7-11H2,1H3,(H,16,19). The summed E-state index contributed by atoms with van der Waals surface area (Å²) in [6, 6.07) is 3.30. The zero-order valence-corrected chi connectivity index (χ0v) is 12.1. The van der Waals surface area contributed by atoms with Gasteiger partial charge in [-0.05, 0) is 18.6 Å². The Balaban J connectivity index is 2.26. The van der Waals surface area contributed by atoms with Crippen LogP contribution in [0.2, 0.25) is 0 Å². The van der Waals surface area contributed by atoms with Crippen LogP contribution in [0, 0.1) is 11.8 Å². The predicted molar refractivity (Wildman–Crippen MR) is 77.8 cm³/mol. The zero-order chi connectivity index (χ0) is 15.3. The minimum Gasteiger partial charge on any atom is -0.384 e. The van der Waals surface area contributed by atoms with Crippen LogP contribution in [0.1, 0.15) is 22.5 Å². The first-order valence-corrected chi connectivity index (χ1v) is 6.68. The molecule has 1 rings (SSSR count). The van der Waals surface area contributed by atoms with Crippen LogP contribution in [0.3, 0.4) is 0 Å². The number of amides is 1. The Morgan fingerprint density at radius 2 is 2.24 bits per heavy atom. The molecule has 1 amide bonds. The van der Waals surface area contributed by atoms with Crippen LogP contribution in [0.4, 0.5) is 0 Å². The molecule has 0 radical (unpaired) electrons. The number of hydrogen-bond donors (Lipinski definition) is 2. The number of carbonyl (C=O) groups excluding carboxylic acids is 1. The molecule has 1 heterocycles. The van der Waals surface area contributed by atoms with Crippen molar-refractivity contribution in [2.24, 2.45) is 0 Å². The number of rotatable bonds is 8. The second kappa shape index (κ2) is 10.8. The van der Waals surface area contributed by atoms with Gasteiger partial charge in [-0.25, -0.2) is 4.98 Å². The highest BCUT2D eigenvalue weighted by molar-refractivity contribution is 5.92. The molecule has 6 nitrogen and oxygen atoms in total. The van der Waals surface area contributed by atoms with Gasteiger partial charge in [-0.1, -0.05) is 11.8 Å². The average molecular weight is 292 g/mol. The van der Waals surface area contributed by atoms with Crippen LogP contribution < -0.4 is 5.32 Å². The van der Waals surface area contributed by atoms with E-state index in [-0.39, 0.29) is 12.5 Å². The fourth-order valence-corrected chi connectivity index (χ4v) is 1.45. The highest BCUT2D eigenvalue weighted by atomic mass is 16.5. The van der Waals surface area contributed by atoms with Crippen LogP contribution in [0.15, 0.2) is 18.3 Å². The number of aliphatic hydroxyl groups is 1. The third kappa shape index (κ3) is 7.42. The van der Waals surface area contributed by atoms with E-state index < -0.39 is 0 Å². The number of nitrogens with one attached hydrogen (secondary N) is 1. The van der Waals surface area contributed by atoms with Crippen LogP contribution in [0.5, 0.6) is 0 Å². The lowest BCUT2D eigenvalue weighted by molar-refractivity contribution is 0.0688. The van der Waals surface area contributed by atoms with Gasteiger partial charge in [-0.3, -0.25) is 4.79 Å². The Bertz CT molecular complexity index is 477. The molecule has 0 bridgehead atoms. The van der Waals surface area contributed by atoms with Gasteiger partial charge in [-0.2, -0.15) is 0 Å². The minimum absolute atomic E-state index is 0.200. The van der Waals surface area contributed by atoms with E-state index >= 15 is 0 Å². The number of methoxy groups -OCH3 is 1. The van der Waals surface area contributed by atoms with E-state index in [0.29, 0.717) is 37.6 Å². The zero-order valence-electron chi connectivity index (χ0n) is 12.1. The molecule has 1 aromatic heterocycles. The molecule has 0 saturated heterocycles. The third-order valence-corrected chi connectivity index (χ3v) is 2.49. The largest absolute Gasteiger partial charge is 0.384 e.